The van der Waals surface area contributed by atoms with Gasteiger partial charge < -0.3 is 52.0 Å². The Hall–Kier alpha value is -5.58. The number of carbonyl (C=O) groups is 6. The van der Waals surface area contributed by atoms with Crippen molar-refractivity contribution >= 4 is 35.9 Å². The van der Waals surface area contributed by atoms with Gasteiger partial charge in [-0.3, -0.25) is 24.0 Å². The van der Waals surface area contributed by atoms with Crippen molar-refractivity contribution in [2.75, 3.05) is 0 Å². The van der Waals surface area contributed by atoms with Crippen LogP contribution in [0.25, 0.3) is 0 Å². The number of carbonyl (C=O) groups excluding carboxylic acids is 5. The van der Waals surface area contributed by atoms with Crippen molar-refractivity contribution in [1.82, 2.24) is 41.2 Å². The van der Waals surface area contributed by atoms with Crippen LogP contribution < -0.4 is 27.0 Å². The molecule has 4 amide bonds. The summed E-state index contributed by atoms with van der Waals surface area (Å²) >= 11 is 0. The van der Waals surface area contributed by atoms with Gasteiger partial charge in [0.2, 0.25) is 23.6 Å². The van der Waals surface area contributed by atoms with E-state index in [1.165, 1.54) is 37.2 Å². The Labute approximate surface area is 275 Å². The number of aldehydes is 1. The number of nitrogens with zero attached hydrogens (tertiary/aromatic N) is 2. The molecule has 48 heavy (non-hydrogen) atoms. The summed E-state index contributed by atoms with van der Waals surface area (Å²) in [4.78, 5) is 89.9. The van der Waals surface area contributed by atoms with Gasteiger partial charge in [-0.15, -0.1) is 0 Å². The van der Waals surface area contributed by atoms with Gasteiger partial charge in [-0.2, -0.15) is 0 Å². The highest BCUT2D eigenvalue weighted by molar-refractivity contribution is 5.95. The normalized spacial score (nSPS) is 14.2. The minimum Gasteiger partial charge on any atom is -0.508 e. The fraction of sp³-hybridized carbons (Fsp3) is 0.419. The van der Waals surface area contributed by atoms with Crippen LogP contribution in [-0.4, -0.2) is 96.2 Å². The topological polar surface area (TPSA) is 274 Å². The third kappa shape index (κ3) is 11.7. The molecule has 258 valence electrons. The van der Waals surface area contributed by atoms with Crippen molar-refractivity contribution in [3.63, 3.8) is 0 Å². The Morgan fingerprint density at radius 3 is 1.94 bits per heavy atom. The average Bonchev–Trinajstić information content (AvgIpc) is 3.76. The van der Waals surface area contributed by atoms with Crippen molar-refractivity contribution in [3.05, 3.63) is 66.3 Å². The van der Waals surface area contributed by atoms with E-state index in [1.807, 2.05) is 0 Å². The van der Waals surface area contributed by atoms with Gasteiger partial charge in [-0.1, -0.05) is 26.0 Å². The van der Waals surface area contributed by atoms with Gasteiger partial charge in [0.15, 0.2) is 0 Å². The molecule has 0 saturated carbocycles. The molecule has 3 aromatic rings. The molecule has 17 heteroatoms. The van der Waals surface area contributed by atoms with Gasteiger partial charge in [0.05, 0.1) is 24.7 Å². The van der Waals surface area contributed by atoms with E-state index in [9.17, 15) is 39.0 Å². The van der Waals surface area contributed by atoms with E-state index in [1.54, 1.807) is 26.0 Å². The Kier molecular flexibility index (Phi) is 13.8. The quantitative estimate of drug-likeness (QED) is 0.0689. The monoisotopic (exact) mass is 667 g/mol. The Morgan fingerprint density at radius 1 is 0.812 bits per heavy atom. The molecule has 2 aromatic heterocycles. The van der Waals surface area contributed by atoms with Gasteiger partial charge in [0.1, 0.15) is 30.2 Å². The first-order valence-corrected chi connectivity index (χ1v) is 15.2. The molecule has 5 atom stereocenters. The molecule has 0 aliphatic rings. The number of hydrogen-bond acceptors (Lipinski definition) is 10. The number of aromatic amines is 2. The largest absolute Gasteiger partial charge is 0.508 e. The fourth-order valence-electron chi connectivity index (χ4n) is 4.72. The number of phenolic OH excluding ortho intramolecular Hbond substituents is 1. The molecule has 2 heterocycles. The van der Waals surface area contributed by atoms with Crippen molar-refractivity contribution in [1.29, 1.82) is 0 Å². The second-order valence-corrected chi connectivity index (χ2v) is 11.6. The number of phenols is 1. The Morgan fingerprint density at radius 2 is 1.40 bits per heavy atom. The van der Waals surface area contributed by atoms with Crippen LogP contribution in [0.1, 0.15) is 43.6 Å². The fourth-order valence-corrected chi connectivity index (χ4v) is 4.72. The molecule has 0 spiro atoms. The molecular formula is C31H41N9O8. The van der Waals surface area contributed by atoms with Crippen LogP contribution in [-0.2, 0) is 48.0 Å². The van der Waals surface area contributed by atoms with Crippen LogP contribution >= 0.6 is 0 Å². The lowest BCUT2D eigenvalue weighted by Crippen LogP contribution is -2.60. The molecule has 0 saturated heterocycles. The highest BCUT2D eigenvalue weighted by Crippen LogP contribution is 2.12. The summed E-state index contributed by atoms with van der Waals surface area (Å²) in [7, 11) is 0. The number of carboxylic acid groups (broad SMARTS) is 1. The standard InChI is InChI=1S/C31H41N9O8/c1-17(2)27(40-29(46)24(7-8-26(43)44)38-28(45)23(32)9-18-3-5-22(42)6-4-18)31(48)39-25(11-20-13-34-16-36-20)30(47)37-21(14-41)10-19-12-33-15-35-19/h3-6,12-17,21,23-25,27,42H,7-11,32H2,1-2H3,(H,33,35)(H,34,36)(H,37,47)(H,38,45)(H,39,48)(H,40,46)(H,43,44)/t21-,23-,24-,25-,27-/m0/s1. The summed E-state index contributed by atoms with van der Waals surface area (Å²) in [5.41, 5.74) is 7.82. The predicted molar refractivity (Wildman–Crippen MR) is 170 cm³/mol. The number of rotatable bonds is 19. The second kappa shape index (κ2) is 17.9. The maximum Gasteiger partial charge on any atom is 0.303 e. The summed E-state index contributed by atoms with van der Waals surface area (Å²) < 4.78 is 0. The summed E-state index contributed by atoms with van der Waals surface area (Å²) in [6.45, 7) is 3.30. The van der Waals surface area contributed by atoms with Gasteiger partial charge in [0, 0.05) is 43.0 Å². The first-order valence-electron chi connectivity index (χ1n) is 15.2. The number of nitrogens with two attached hydrogens (primary N) is 1. The number of benzene rings is 1. The van der Waals surface area contributed by atoms with Crippen molar-refractivity contribution in [2.45, 2.75) is 76.2 Å². The average molecular weight is 668 g/mol. The lowest BCUT2D eigenvalue weighted by molar-refractivity contribution is -0.138. The molecule has 0 aliphatic heterocycles. The second-order valence-electron chi connectivity index (χ2n) is 11.6. The number of aromatic hydroxyl groups is 1. The van der Waals surface area contributed by atoms with Crippen LogP contribution in [0, 0.1) is 5.92 Å². The summed E-state index contributed by atoms with van der Waals surface area (Å²) in [5, 5.41) is 29.0. The lowest BCUT2D eigenvalue weighted by Gasteiger charge is -2.28. The van der Waals surface area contributed by atoms with E-state index in [0.29, 0.717) is 23.2 Å². The van der Waals surface area contributed by atoms with Crippen LogP contribution in [0.5, 0.6) is 5.75 Å². The van der Waals surface area contributed by atoms with E-state index in [0.717, 1.165) is 0 Å². The number of imidazole rings is 2. The predicted octanol–water partition coefficient (Wildman–Crippen LogP) is -1.15. The number of nitrogens with one attached hydrogen (secondary N) is 6. The molecule has 0 unspecified atom stereocenters. The van der Waals surface area contributed by atoms with Crippen molar-refractivity contribution < 1.29 is 39.0 Å². The highest BCUT2D eigenvalue weighted by atomic mass is 16.4. The molecule has 1 aromatic carbocycles. The number of hydrogen-bond donors (Lipinski definition) is 9. The first-order chi connectivity index (χ1) is 22.9. The lowest BCUT2D eigenvalue weighted by atomic mass is 10.0. The molecule has 0 bridgehead atoms. The Bertz CT molecular complexity index is 1510. The maximum absolute atomic E-state index is 13.6. The van der Waals surface area contributed by atoms with Crippen LogP contribution in [0.15, 0.2) is 49.3 Å². The molecule has 0 radical (unpaired) electrons. The van der Waals surface area contributed by atoms with Gasteiger partial charge in [0.25, 0.3) is 0 Å². The van der Waals surface area contributed by atoms with Crippen molar-refractivity contribution in [3.8, 4) is 5.75 Å². The summed E-state index contributed by atoms with van der Waals surface area (Å²) in [6, 6.07) is 0.243. The zero-order chi connectivity index (χ0) is 35.2. The zero-order valence-corrected chi connectivity index (χ0v) is 26.5. The van der Waals surface area contributed by atoms with Crippen LogP contribution in [0.4, 0.5) is 0 Å². The summed E-state index contributed by atoms with van der Waals surface area (Å²) in [5.74, 6) is -4.64. The molecule has 3 rings (SSSR count). The zero-order valence-electron chi connectivity index (χ0n) is 26.5. The number of aliphatic carboxylic acids is 1. The summed E-state index contributed by atoms with van der Waals surface area (Å²) in [6.07, 6.45) is 5.80. The van der Waals surface area contributed by atoms with Crippen LogP contribution in [0.3, 0.4) is 0 Å². The van der Waals surface area contributed by atoms with Gasteiger partial charge >= 0.3 is 5.97 Å². The number of aromatic nitrogens is 4. The van der Waals surface area contributed by atoms with E-state index in [-0.39, 0.29) is 31.4 Å². The number of carboxylic acids is 1. The van der Waals surface area contributed by atoms with Crippen LogP contribution in [0.2, 0.25) is 0 Å². The molecule has 10 N–H and O–H groups in total. The number of H-pyrrole nitrogens is 2. The highest BCUT2D eigenvalue weighted by Gasteiger charge is 2.33. The SMILES string of the molecule is CC(C)[C@H](NC(=O)[C@H](CCC(=O)O)NC(=O)[C@@H](N)Cc1ccc(O)cc1)C(=O)N[C@@H](Cc1cnc[nH]1)C(=O)N[C@H](C=O)Cc1cnc[nH]1. The van der Waals surface area contributed by atoms with E-state index < -0.39 is 72.1 Å². The van der Waals surface area contributed by atoms with Gasteiger partial charge in [-0.05, 0) is 36.5 Å². The third-order valence-electron chi connectivity index (χ3n) is 7.35. The maximum atomic E-state index is 13.6. The molecule has 17 nitrogen and oxygen atoms in total. The smallest absolute Gasteiger partial charge is 0.303 e. The Balaban J connectivity index is 1.72. The van der Waals surface area contributed by atoms with E-state index in [4.69, 9.17) is 5.73 Å². The third-order valence-corrected chi connectivity index (χ3v) is 7.35. The van der Waals surface area contributed by atoms with E-state index in [2.05, 4.69) is 41.2 Å². The molecular weight excluding hydrogens is 626 g/mol. The minimum absolute atomic E-state index is 0.0256. The minimum atomic E-state index is -1.35. The first kappa shape index (κ1) is 36.9. The number of amides is 4. The van der Waals surface area contributed by atoms with E-state index >= 15 is 0 Å². The molecule has 0 fully saturated rings. The van der Waals surface area contributed by atoms with Gasteiger partial charge in [-0.25, -0.2) is 9.97 Å². The van der Waals surface area contributed by atoms with Crippen molar-refractivity contribution in [2.24, 2.45) is 11.7 Å². The molecule has 0 aliphatic carbocycles.